The van der Waals surface area contributed by atoms with Crippen LogP contribution in [-0.4, -0.2) is 86.9 Å². The van der Waals surface area contributed by atoms with Crippen molar-refractivity contribution in [2.24, 2.45) is 6.98 Å². The number of fused-ring (bicyclic) bond motifs is 2. The molecule has 2 N–H and O–H groups in total. The Bertz CT molecular complexity index is 2600. The third kappa shape index (κ3) is 6.49. The standard InChI is InChI=1S/C34H31ClF3N11O4/c1-4-24-28(46-9-11-47(12-10-46)31(52)27-29(51)18(2)39-17-40-27)32(53)49-33(43-30(44-49)19-5-8-25-20(13-19)15-41-45(25)3)48(24)16-26(50)42-23-7-6-21(14-22(23)35)34(36,37)38/h5-8,13-15,17,51H,4,9-12,16H2,1-3H3,(H,42,50)/i3D3. The van der Waals surface area contributed by atoms with E-state index in [1.165, 1.54) is 28.1 Å². The Morgan fingerprint density at radius 1 is 1.09 bits per heavy atom. The van der Waals surface area contributed by atoms with Gasteiger partial charge in [-0.05, 0) is 49.7 Å². The van der Waals surface area contributed by atoms with Gasteiger partial charge < -0.3 is 24.8 Å². The Morgan fingerprint density at radius 2 is 1.87 bits per heavy atom. The Kier molecular flexibility index (Phi) is 8.07. The van der Waals surface area contributed by atoms with Gasteiger partial charge in [-0.25, -0.2) is 9.97 Å². The minimum Gasteiger partial charge on any atom is -0.504 e. The summed E-state index contributed by atoms with van der Waals surface area (Å²) in [6.07, 6.45) is -1.88. The molecule has 274 valence electrons. The summed E-state index contributed by atoms with van der Waals surface area (Å²) < 4.78 is 66.5. The van der Waals surface area contributed by atoms with Gasteiger partial charge in [0.1, 0.15) is 18.6 Å². The molecule has 0 unspecified atom stereocenters. The monoisotopic (exact) mass is 752 g/mol. The smallest absolute Gasteiger partial charge is 0.416 e. The number of rotatable bonds is 7. The number of aryl methyl sites for hydroxylation is 2. The minimum absolute atomic E-state index is 0.0269. The molecule has 15 nitrogen and oxygen atoms in total. The molecule has 0 spiro atoms. The molecule has 7 rings (SSSR count). The lowest BCUT2D eigenvalue weighted by Crippen LogP contribution is -2.51. The van der Waals surface area contributed by atoms with Gasteiger partial charge in [-0.1, -0.05) is 18.5 Å². The highest BCUT2D eigenvalue weighted by Crippen LogP contribution is 2.34. The molecular weight excluding hydrogens is 719 g/mol. The SMILES string of the molecule is [2H]C([2H])([2H])n1ncc2cc(-c3nc4n(CC(=O)Nc5ccc(C(F)(F)F)cc5Cl)c(CC)c(N5CCN(C(=O)c6ncnc(C)c6O)CC5)c(=O)n4n3)ccc21. The van der Waals surface area contributed by atoms with Crippen molar-refractivity contribution in [3.8, 4) is 17.1 Å². The zero-order valence-corrected chi connectivity index (χ0v) is 28.8. The summed E-state index contributed by atoms with van der Waals surface area (Å²) in [5, 5.41) is 21.6. The predicted molar refractivity (Wildman–Crippen MR) is 188 cm³/mol. The van der Waals surface area contributed by atoms with Crippen LogP contribution in [0.3, 0.4) is 0 Å². The molecule has 5 heterocycles. The second-order valence-corrected chi connectivity index (χ2v) is 12.6. The number of carbonyl (C=O) groups excluding carboxylic acids is 2. The van der Waals surface area contributed by atoms with Crippen LogP contribution >= 0.6 is 11.6 Å². The summed E-state index contributed by atoms with van der Waals surface area (Å²) in [4.78, 5) is 57.0. The molecule has 1 fully saturated rings. The summed E-state index contributed by atoms with van der Waals surface area (Å²) in [6, 6.07) is 7.25. The van der Waals surface area contributed by atoms with Crippen LogP contribution in [0.25, 0.3) is 28.1 Å². The van der Waals surface area contributed by atoms with E-state index in [1.807, 2.05) is 0 Å². The number of anilines is 2. The van der Waals surface area contributed by atoms with Crippen molar-refractivity contribution in [2.75, 3.05) is 36.4 Å². The number of benzene rings is 2. The average Bonchev–Trinajstić information content (AvgIpc) is 3.80. The highest BCUT2D eigenvalue weighted by Gasteiger charge is 2.32. The number of nitrogens with one attached hydrogen (secondary N) is 1. The summed E-state index contributed by atoms with van der Waals surface area (Å²) in [5.41, 5.74) is -0.245. The number of piperazine rings is 1. The van der Waals surface area contributed by atoms with E-state index in [0.29, 0.717) is 28.2 Å². The second kappa shape index (κ2) is 13.5. The van der Waals surface area contributed by atoms with E-state index in [4.69, 9.17) is 15.7 Å². The molecule has 6 aromatic rings. The molecule has 1 aliphatic heterocycles. The van der Waals surface area contributed by atoms with Crippen molar-refractivity contribution in [1.29, 1.82) is 0 Å². The molecule has 2 amide bonds. The first-order valence-electron chi connectivity index (χ1n) is 17.7. The van der Waals surface area contributed by atoms with E-state index < -0.39 is 42.6 Å². The molecule has 53 heavy (non-hydrogen) atoms. The molecule has 2 aromatic carbocycles. The molecule has 0 atom stereocenters. The molecule has 1 aliphatic rings. The number of hydrogen-bond donors (Lipinski definition) is 2. The third-order valence-electron chi connectivity index (χ3n) is 8.95. The van der Waals surface area contributed by atoms with Crippen molar-refractivity contribution < 1.29 is 32.0 Å². The lowest BCUT2D eigenvalue weighted by molar-refractivity contribution is -0.137. The number of alkyl halides is 3. The van der Waals surface area contributed by atoms with Crippen LogP contribution in [0.5, 0.6) is 5.75 Å². The van der Waals surface area contributed by atoms with Gasteiger partial charge in [0.2, 0.25) is 11.7 Å². The van der Waals surface area contributed by atoms with Gasteiger partial charge in [-0.2, -0.15) is 27.8 Å². The zero-order chi connectivity index (χ0) is 40.3. The van der Waals surface area contributed by atoms with E-state index in [2.05, 4.69) is 30.5 Å². The van der Waals surface area contributed by atoms with Gasteiger partial charge in [0, 0.05) is 48.2 Å². The van der Waals surface area contributed by atoms with E-state index >= 15 is 0 Å². The number of halogens is 4. The summed E-state index contributed by atoms with van der Waals surface area (Å²) in [6.45, 7) is 0.935. The van der Waals surface area contributed by atoms with Crippen LogP contribution in [0.15, 0.2) is 53.7 Å². The van der Waals surface area contributed by atoms with Gasteiger partial charge in [-0.3, -0.25) is 19.1 Å². The number of nitrogens with zero attached hydrogens (tertiary/aromatic N) is 10. The van der Waals surface area contributed by atoms with Crippen molar-refractivity contribution in [1.82, 2.24) is 43.8 Å². The van der Waals surface area contributed by atoms with Crippen molar-refractivity contribution in [3.05, 3.63) is 86.9 Å². The van der Waals surface area contributed by atoms with Crippen LogP contribution < -0.4 is 15.8 Å². The zero-order valence-electron chi connectivity index (χ0n) is 31.0. The fourth-order valence-electron chi connectivity index (χ4n) is 6.26. The number of amides is 2. The van der Waals surface area contributed by atoms with Gasteiger partial charge >= 0.3 is 6.18 Å². The Labute approximate surface area is 307 Å². The van der Waals surface area contributed by atoms with Gasteiger partial charge in [0.15, 0.2) is 17.3 Å². The van der Waals surface area contributed by atoms with Crippen LogP contribution in [0, 0.1) is 6.92 Å². The normalized spacial score (nSPS) is 14.7. The van der Waals surface area contributed by atoms with E-state index in [9.17, 15) is 32.7 Å². The highest BCUT2D eigenvalue weighted by atomic mass is 35.5. The van der Waals surface area contributed by atoms with E-state index in [1.54, 1.807) is 30.9 Å². The number of aromatic hydroxyl groups is 1. The first kappa shape index (κ1) is 31.7. The maximum absolute atomic E-state index is 14.4. The molecule has 0 aliphatic carbocycles. The number of aromatic nitrogens is 8. The third-order valence-corrected chi connectivity index (χ3v) is 9.26. The quantitative estimate of drug-likeness (QED) is 0.242. The first-order valence-corrected chi connectivity index (χ1v) is 16.6. The molecule has 0 bridgehead atoms. The van der Waals surface area contributed by atoms with Crippen molar-refractivity contribution in [3.63, 3.8) is 0 Å². The average molecular weight is 753 g/mol. The fraction of sp³-hybridized carbons (Fsp3) is 0.294. The summed E-state index contributed by atoms with van der Waals surface area (Å²) in [5.74, 6) is -1.50. The van der Waals surface area contributed by atoms with E-state index in [0.717, 1.165) is 21.3 Å². The Hall–Kier alpha value is -6.04. The van der Waals surface area contributed by atoms with Crippen LogP contribution in [-0.2, 0) is 30.9 Å². The molecule has 0 saturated carbocycles. The Balaban J connectivity index is 1.28. The molecule has 4 aromatic heterocycles. The van der Waals surface area contributed by atoms with Gasteiger partial charge in [0.05, 0.1) is 39.4 Å². The molecule has 1 saturated heterocycles. The fourth-order valence-corrected chi connectivity index (χ4v) is 6.48. The lowest BCUT2D eigenvalue weighted by atomic mass is 10.1. The highest BCUT2D eigenvalue weighted by molar-refractivity contribution is 6.33. The minimum atomic E-state index is -4.65. The number of hydrogen-bond acceptors (Lipinski definition) is 10. The van der Waals surface area contributed by atoms with Gasteiger partial charge in [0.25, 0.3) is 11.5 Å². The molecule has 0 radical (unpaired) electrons. The largest absolute Gasteiger partial charge is 0.504 e. The number of carbonyl (C=O) groups is 2. The lowest BCUT2D eigenvalue weighted by Gasteiger charge is -2.36. The van der Waals surface area contributed by atoms with Gasteiger partial charge in [-0.15, -0.1) is 5.10 Å². The molecular formula is C34H31ClF3N11O4. The van der Waals surface area contributed by atoms with Crippen LogP contribution in [0.4, 0.5) is 24.5 Å². The van der Waals surface area contributed by atoms with Crippen LogP contribution in [0.1, 0.15) is 38.5 Å². The first-order chi connectivity index (χ1) is 26.5. The maximum atomic E-state index is 14.4. The molecule has 19 heteroatoms. The van der Waals surface area contributed by atoms with Crippen LogP contribution in [0.2, 0.25) is 5.02 Å². The summed E-state index contributed by atoms with van der Waals surface area (Å²) >= 11 is 6.13. The summed E-state index contributed by atoms with van der Waals surface area (Å²) in [7, 11) is 0. The van der Waals surface area contributed by atoms with E-state index in [-0.39, 0.29) is 77.7 Å². The Morgan fingerprint density at radius 3 is 2.57 bits per heavy atom. The topological polar surface area (TPSA) is 169 Å². The predicted octanol–water partition coefficient (Wildman–Crippen LogP) is 4.08. The second-order valence-electron chi connectivity index (χ2n) is 12.2. The maximum Gasteiger partial charge on any atom is 0.416 e. The van der Waals surface area contributed by atoms with Crippen molar-refractivity contribution >= 4 is 51.5 Å². The van der Waals surface area contributed by atoms with Crippen molar-refractivity contribution in [2.45, 2.75) is 33.0 Å².